The first-order chi connectivity index (χ1) is 7.81. The van der Waals surface area contributed by atoms with Gasteiger partial charge in [0.25, 0.3) is 0 Å². The Bertz CT molecular complexity index is 299. The Hall–Kier alpha value is -0.780. The van der Waals surface area contributed by atoms with Crippen LogP contribution in [0.5, 0.6) is 0 Å². The average Bonchev–Trinajstić information content (AvgIpc) is 2.34. The minimum atomic E-state index is 1.25. The maximum Gasteiger partial charge on any atom is -0.0124 e. The van der Waals surface area contributed by atoms with E-state index in [0.717, 1.165) is 0 Å². The molecule has 16 heavy (non-hydrogen) atoms. The van der Waals surface area contributed by atoms with Crippen LogP contribution in [0.15, 0.2) is 18.2 Å². The molecule has 0 amide bonds. The van der Waals surface area contributed by atoms with Crippen LogP contribution in [0.1, 0.15) is 63.1 Å². The lowest BCUT2D eigenvalue weighted by atomic mass is 9.95. The standard InChI is InChI=1S/C16H25/c1-4-7-9-15-12-11-14(6-3)13-16(15)10-8-5-2/h6,11-13H,4-5,7-10H2,1-3H3. The second-order valence-electron chi connectivity index (χ2n) is 4.52. The summed E-state index contributed by atoms with van der Waals surface area (Å²) in [6, 6.07) is 6.96. The third-order valence-electron chi connectivity index (χ3n) is 3.16. The molecule has 0 heterocycles. The maximum atomic E-state index is 2.38. The van der Waals surface area contributed by atoms with E-state index < -0.39 is 0 Å². The van der Waals surface area contributed by atoms with Crippen molar-refractivity contribution in [2.24, 2.45) is 0 Å². The molecule has 0 bridgehead atoms. The highest BCUT2D eigenvalue weighted by atomic mass is 14.1. The van der Waals surface area contributed by atoms with E-state index in [1.165, 1.54) is 44.1 Å². The van der Waals surface area contributed by atoms with Crippen molar-refractivity contribution in [1.82, 2.24) is 0 Å². The summed E-state index contributed by atoms with van der Waals surface area (Å²) < 4.78 is 0. The van der Waals surface area contributed by atoms with Crippen molar-refractivity contribution in [2.45, 2.75) is 59.3 Å². The zero-order valence-corrected chi connectivity index (χ0v) is 11.1. The fourth-order valence-electron chi connectivity index (χ4n) is 2.04. The van der Waals surface area contributed by atoms with Crippen LogP contribution < -0.4 is 0 Å². The lowest BCUT2D eigenvalue weighted by molar-refractivity contribution is 0.757. The minimum Gasteiger partial charge on any atom is -0.0654 e. The van der Waals surface area contributed by atoms with Crippen molar-refractivity contribution >= 4 is 0 Å². The number of hydrogen-bond acceptors (Lipinski definition) is 0. The summed E-state index contributed by atoms with van der Waals surface area (Å²) in [6.45, 7) is 6.64. The molecule has 0 saturated carbocycles. The monoisotopic (exact) mass is 217 g/mol. The van der Waals surface area contributed by atoms with Gasteiger partial charge in [0.15, 0.2) is 0 Å². The van der Waals surface area contributed by atoms with Gasteiger partial charge >= 0.3 is 0 Å². The summed E-state index contributed by atoms with van der Waals surface area (Å²) >= 11 is 0. The predicted molar refractivity (Wildman–Crippen MR) is 72.7 cm³/mol. The normalized spacial score (nSPS) is 10.7. The molecule has 1 aromatic rings. The molecule has 0 nitrogen and oxygen atoms in total. The summed E-state index contributed by atoms with van der Waals surface area (Å²) in [4.78, 5) is 0. The zero-order chi connectivity index (χ0) is 11.8. The summed E-state index contributed by atoms with van der Waals surface area (Å²) in [6.07, 6.45) is 9.89. The van der Waals surface area contributed by atoms with E-state index in [0.29, 0.717) is 0 Å². The van der Waals surface area contributed by atoms with Crippen LogP contribution in [0.25, 0.3) is 0 Å². The van der Waals surface area contributed by atoms with E-state index in [4.69, 9.17) is 0 Å². The second-order valence-corrected chi connectivity index (χ2v) is 4.52. The molecule has 0 aromatic heterocycles. The smallest absolute Gasteiger partial charge is 0.0124 e. The fourth-order valence-corrected chi connectivity index (χ4v) is 2.04. The van der Waals surface area contributed by atoms with E-state index in [9.17, 15) is 0 Å². The maximum absolute atomic E-state index is 2.38. The van der Waals surface area contributed by atoms with Crippen LogP contribution in [0, 0.1) is 6.42 Å². The Morgan fingerprint density at radius 2 is 1.56 bits per heavy atom. The van der Waals surface area contributed by atoms with Gasteiger partial charge in [0.05, 0.1) is 0 Å². The average molecular weight is 217 g/mol. The molecule has 0 fully saturated rings. The Kier molecular flexibility index (Phi) is 6.22. The highest BCUT2D eigenvalue weighted by molar-refractivity contribution is 5.35. The first-order valence-corrected chi connectivity index (χ1v) is 6.73. The van der Waals surface area contributed by atoms with Gasteiger partial charge in [-0.2, -0.15) is 0 Å². The summed E-state index contributed by atoms with van der Waals surface area (Å²) in [5.74, 6) is 0. The highest BCUT2D eigenvalue weighted by Crippen LogP contribution is 2.18. The third kappa shape index (κ3) is 4.00. The lowest BCUT2D eigenvalue weighted by Crippen LogP contribution is -1.96. The molecule has 0 unspecified atom stereocenters. The fraction of sp³-hybridized carbons (Fsp3) is 0.562. The van der Waals surface area contributed by atoms with Crippen molar-refractivity contribution in [1.29, 1.82) is 0 Å². The number of rotatable bonds is 7. The van der Waals surface area contributed by atoms with E-state index in [1.54, 1.807) is 11.1 Å². The van der Waals surface area contributed by atoms with Crippen LogP contribution >= 0.6 is 0 Å². The largest absolute Gasteiger partial charge is 0.0654 e. The van der Waals surface area contributed by atoms with Gasteiger partial charge in [-0.05, 0) is 48.8 Å². The molecule has 0 atom stereocenters. The predicted octanol–water partition coefficient (Wildman–Crippen LogP) is 4.94. The van der Waals surface area contributed by atoms with E-state index in [2.05, 4.69) is 45.4 Å². The molecule has 0 aliphatic carbocycles. The molecular formula is C16H25. The quantitative estimate of drug-likeness (QED) is 0.606. The molecule has 1 aromatic carbocycles. The van der Waals surface area contributed by atoms with Crippen molar-refractivity contribution in [3.63, 3.8) is 0 Å². The van der Waals surface area contributed by atoms with Crippen LogP contribution in [-0.4, -0.2) is 0 Å². The van der Waals surface area contributed by atoms with Crippen LogP contribution in [0.4, 0.5) is 0 Å². The van der Waals surface area contributed by atoms with Crippen LogP contribution in [0.3, 0.4) is 0 Å². The first-order valence-electron chi connectivity index (χ1n) is 6.73. The molecule has 89 valence electrons. The zero-order valence-electron chi connectivity index (χ0n) is 11.1. The van der Waals surface area contributed by atoms with Crippen molar-refractivity contribution in [3.05, 3.63) is 41.3 Å². The Balaban J connectivity index is 2.78. The van der Waals surface area contributed by atoms with Crippen LogP contribution in [0.2, 0.25) is 0 Å². The molecule has 0 aliphatic rings. The van der Waals surface area contributed by atoms with Crippen molar-refractivity contribution in [3.8, 4) is 0 Å². The molecule has 1 radical (unpaired) electrons. The number of unbranched alkanes of at least 4 members (excludes halogenated alkanes) is 2. The van der Waals surface area contributed by atoms with Gasteiger partial charge in [-0.1, -0.05) is 51.8 Å². The molecule has 0 spiro atoms. The lowest BCUT2D eigenvalue weighted by Gasteiger charge is -2.10. The first kappa shape index (κ1) is 13.3. The number of benzene rings is 1. The van der Waals surface area contributed by atoms with Crippen molar-refractivity contribution in [2.75, 3.05) is 0 Å². The Labute approximate surface area is 101 Å². The summed E-state index contributed by atoms with van der Waals surface area (Å²) in [5, 5.41) is 0. The van der Waals surface area contributed by atoms with E-state index in [-0.39, 0.29) is 0 Å². The Morgan fingerprint density at radius 3 is 2.12 bits per heavy atom. The van der Waals surface area contributed by atoms with E-state index in [1.807, 2.05) is 0 Å². The van der Waals surface area contributed by atoms with E-state index >= 15 is 0 Å². The molecular weight excluding hydrogens is 192 g/mol. The Morgan fingerprint density at radius 1 is 0.938 bits per heavy atom. The third-order valence-corrected chi connectivity index (χ3v) is 3.16. The number of hydrogen-bond donors (Lipinski definition) is 0. The van der Waals surface area contributed by atoms with Gasteiger partial charge in [-0.15, -0.1) is 0 Å². The van der Waals surface area contributed by atoms with Gasteiger partial charge < -0.3 is 0 Å². The molecule has 0 heteroatoms. The topological polar surface area (TPSA) is 0 Å². The van der Waals surface area contributed by atoms with Crippen LogP contribution in [-0.2, 0) is 12.8 Å². The van der Waals surface area contributed by atoms with Crippen molar-refractivity contribution < 1.29 is 0 Å². The van der Waals surface area contributed by atoms with Gasteiger partial charge in [-0.3, -0.25) is 0 Å². The van der Waals surface area contributed by atoms with Gasteiger partial charge in [0.1, 0.15) is 0 Å². The minimum absolute atomic E-state index is 1.25. The molecule has 0 aliphatic heterocycles. The molecule has 0 saturated heterocycles. The van der Waals surface area contributed by atoms with Gasteiger partial charge in [0, 0.05) is 0 Å². The number of aryl methyl sites for hydroxylation is 2. The van der Waals surface area contributed by atoms with Gasteiger partial charge in [0.2, 0.25) is 0 Å². The molecule has 0 N–H and O–H groups in total. The molecule has 1 rings (SSSR count). The van der Waals surface area contributed by atoms with Gasteiger partial charge in [-0.25, -0.2) is 0 Å². The highest BCUT2D eigenvalue weighted by Gasteiger charge is 2.03. The summed E-state index contributed by atoms with van der Waals surface area (Å²) in [7, 11) is 0. The summed E-state index contributed by atoms with van der Waals surface area (Å²) in [5.41, 5.74) is 4.51. The SMILES string of the molecule is C[CH]c1ccc(CCCC)c(CCCC)c1. The second kappa shape index (κ2) is 7.49.